The van der Waals surface area contributed by atoms with E-state index in [1.807, 2.05) is 6.08 Å². The summed E-state index contributed by atoms with van der Waals surface area (Å²) in [6.45, 7) is 1.12. The molecule has 31 heavy (non-hydrogen) atoms. The number of ether oxygens (including phenoxy) is 1. The number of likely N-dealkylation sites (tertiary alicyclic amines) is 1. The van der Waals surface area contributed by atoms with Gasteiger partial charge < -0.3 is 14.5 Å². The first-order valence-corrected chi connectivity index (χ1v) is 10.7. The van der Waals surface area contributed by atoms with E-state index in [1.54, 1.807) is 47.2 Å². The van der Waals surface area contributed by atoms with Gasteiger partial charge in [-0.2, -0.15) is 0 Å². The fourth-order valence-corrected chi connectivity index (χ4v) is 6.69. The van der Waals surface area contributed by atoms with E-state index in [-0.39, 0.29) is 29.5 Å². The lowest BCUT2D eigenvalue weighted by Crippen LogP contribution is -2.76. The molecule has 8 heteroatoms. The second-order valence-electron chi connectivity index (χ2n) is 9.31. The van der Waals surface area contributed by atoms with Gasteiger partial charge in [0, 0.05) is 26.2 Å². The minimum Gasteiger partial charge on any atom is -0.497 e. The molecule has 160 valence electrons. The molecule has 4 bridgehead atoms. The highest BCUT2D eigenvalue weighted by Gasteiger charge is 2.73. The van der Waals surface area contributed by atoms with E-state index in [9.17, 15) is 19.2 Å². The zero-order valence-corrected chi connectivity index (χ0v) is 17.4. The molecule has 6 atom stereocenters. The number of rotatable bonds is 2. The highest BCUT2D eigenvalue weighted by atomic mass is 16.5. The van der Waals surface area contributed by atoms with Crippen LogP contribution >= 0.6 is 0 Å². The summed E-state index contributed by atoms with van der Waals surface area (Å²) in [5.41, 5.74) is -0.640. The number of imide groups is 1. The molecule has 0 saturated carbocycles. The average molecular weight is 421 g/mol. The number of fused-ring (bicyclic) bond motifs is 2. The van der Waals surface area contributed by atoms with Gasteiger partial charge in [0.2, 0.25) is 23.6 Å². The molecule has 0 N–H and O–H groups in total. The zero-order chi connectivity index (χ0) is 21.7. The first-order valence-electron chi connectivity index (χ1n) is 10.7. The molecule has 5 aliphatic heterocycles. The standard InChI is InChI=1S/C23H23N3O5/c1-24-10-12-8-16(20(24)28)23-7-6-15(19(27)25(23)11-12)17-18(23)22(30)26(21(17)29)13-4-3-5-14(9-13)31-2/h3-7,9,12,15-18H,8,10-11H2,1-2H3/t12-,15-,16+,17+,18-,23-/m0/s1. The SMILES string of the molecule is COc1cccc(N2C(=O)[C@@H]3[C@@H]4C=C[C@]5([C@@H]6C[C@@H](CN(C)C6=O)CN5C4=O)[C@@H]3C2=O)c1. The van der Waals surface area contributed by atoms with Gasteiger partial charge in [0.15, 0.2) is 0 Å². The Balaban J connectivity index is 1.51. The van der Waals surface area contributed by atoms with Crippen LogP contribution in [-0.2, 0) is 19.2 Å². The van der Waals surface area contributed by atoms with Crippen LogP contribution in [0.25, 0.3) is 0 Å². The molecule has 1 aromatic rings. The van der Waals surface area contributed by atoms with Crippen LogP contribution in [0, 0.1) is 29.6 Å². The number of carbonyl (C=O) groups is 4. The maximum atomic E-state index is 13.8. The van der Waals surface area contributed by atoms with Crippen LogP contribution < -0.4 is 9.64 Å². The van der Waals surface area contributed by atoms with Gasteiger partial charge in [0.1, 0.15) is 5.75 Å². The Bertz CT molecular complexity index is 1080. The van der Waals surface area contributed by atoms with Gasteiger partial charge in [0.25, 0.3) is 0 Å². The first-order chi connectivity index (χ1) is 14.9. The number of hydrogen-bond acceptors (Lipinski definition) is 5. The van der Waals surface area contributed by atoms with E-state index < -0.39 is 29.2 Å². The molecule has 7 rings (SSSR count). The Morgan fingerprint density at radius 2 is 1.84 bits per heavy atom. The van der Waals surface area contributed by atoms with E-state index in [1.165, 1.54) is 12.0 Å². The van der Waals surface area contributed by atoms with Crippen molar-refractivity contribution in [3.8, 4) is 5.75 Å². The van der Waals surface area contributed by atoms with Gasteiger partial charge in [0.05, 0.1) is 42.0 Å². The van der Waals surface area contributed by atoms with Crippen molar-refractivity contribution in [2.45, 2.75) is 12.0 Å². The lowest BCUT2D eigenvalue weighted by atomic mass is 9.54. The summed E-state index contributed by atoms with van der Waals surface area (Å²) in [6, 6.07) is 6.81. The van der Waals surface area contributed by atoms with Crippen LogP contribution in [0.4, 0.5) is 5.69 Å². The van der Waals surface area contributed by atoms with Crippen LogP contribution in [0.3, 0.4) is 0 Å². The van der Waals surface area contributed by atoms with Crippen molar-refractivity contribution in [1.82, 2.24) is 9.80 Å². The summed E-state index contributed by atoms with van der Waals surface area (Å²) in [6.07, 6.45) is 4.28. The molecule has 0 aromatic heterocycles. The average Bonchev–Trinajstić information content (AvgIpc) is 3.05. The Labute approximate surface area is 179 Å². The molecule has 1 aliphatic carbocycles. The maximum Gasteiger partial charge on any atom is 0.240 e. The summed E-state index contributed by atoms with van der Waals surface area (Å²) >= 11 is 0. The lowest BCUT2D eigenvalue weighted by molar-refractivity contribution is -0.181. The number of amides is 4. The number of benzene rings is 1. The third-order valence-corrected chi connectivity index (χ3v) is 7.91. The second kappa shape index (κ2) is 5.96. The molecule has 0 unspecified atom stereocenters. The fraction of sp³-hybridized carbons (Fsp3) is 0.478. The molecule has 5 heterocycles. The maximum absolute atomic E-state index is 13.8. The fourth-order valence-electron chi connectivity index (χ4n) is 6.69. The number of piperidine rings is 3. The summed E-state index contributed by atoms with van der Waals surface area (Å²) in [5, 5.41) is 0. The van der Waals surface area contributed by atoms with Crippen molar-refractivity contribution in [1.29, 1.82) is 0 Å². The highest BCUT2D eigenvalue weighted by molar-refractivity contribution is 6.24. The van der Waals surface area contributed by atoms with Gasteiger partial charge in [-0.05, 0) is 24.5 Å². The minimum absolute atomic E-state index is 0.0578. The molecule has 0 radical (unpaired) electrons. The Hall–Kier alpha value is -3.16. The first kappa shape index (κ1) is 18.6. The Kier molecular flexibility index (Phi) is 3.57. The van der Waals surface area contributed by atoms with Crippen LogP contribution in [0.5, 0.6) is 5.75 Å². The number of hydrogen-bond donors (Lipinski definition) is 0. The van der Waals surface area contributed by atoms with Crippen molar-refractivity contribution < 1.29 is 23.9 Å². The van der Waals surface area contributed by atoms with Crippen molar-refractivity contribution in [2.24, 2.45) is 29.6 Å². The Morgan fingerprint density at radius 1 is 1.03 bits per heavy atom. The van der Waals surface area contributed by atoms with Gasteiger partial charge in [-0.25, -0.2) is 4.90 Å². The molecule has 8 nitrogen and oxygen atoms in total. The number of nitrogens with zero attached hydrogens (tertiary/aromatic N) is 3. The van der Waals surface area contributed by atoms with Crippen molar-refractivity contribution in [3.63, 3.8) is 0 Å². The predicted molar refractivity (Wildman–Crippen MR) is 109 cm³/mol. The van der Waals surface area contributed by atoms with Crippen molar-refractivity contribution >= 4 is 29.3 Å². The smallest absolute Gasteiger partial charge is 0.240 e. The van der Waals surface area contributed by atoms with E-state index in [0.717, 1.165) is 0 Å². The minimum atomic E-state index is -1.07. The number of carbonyl (C=O) groups excluding carboxylic acids is 4. The third-order valence-electron chi connectivity index (χ3n) is 7.91. The van der Waals surface area contributed by atoms with Crippen molar-refractivity contribution in [3.05, 3.63) is 36.4 Å². The molecule has 4 fully saturated rings. The van der Waals surface area contributed by atoms with Gasteiger partial charge in [-0.3, -0.25) is 19.2 Å². The van der Waals surface area contributed by atoms with E-state index in [2.05, 4.69) is 0 Å². The van der Waals surface area contributed by atoms with Crippen molar-refractivity contribution in [2.75, 3.05) is 32.1 Å². The summed E-state index contributed by atoms with van der Waals surface area (Å²) in [5.74, 6) is -2.87. The molecule has 1 spiro atoms. The van der Waals surface area contributed by atoms with E-state index in [0.29, 0.717) is 30.9 Å². The molecular formula is C23H23N3O5. The quantitative estimate of drug-likeness (QED) is 0.518. The number of anilines is 1. The van der Waals surface area contributed by atoms with Crippen LogP contribution in [0.15, 0.2) is 36.4 Å². The molecule has 1 aromatic carbocycles. The topological polar surface area (TPSA) is 87.2 Å². The normalized spacial score (nSPS) is 38.0. The molecule has 6 aliphatic rings. The highest BCUT2D eigenvalue weighted by Crippen LogP contribution is 2.58. The molecular weight excluding hydrogens is 398 g/mol. The largest absolute Gasteiger partial charge is 0.497 e. The van der Waals surface area contributed by atoms with E-state index >= 15 is 0 Å². The van der Waals surface area contributed by atoms with Crippen LogP contribution in [0.1, 0.15) is 6.42 Å². The monoisotopic (exact) mass is 421 g/mol. The predicted octanol–water partition coefficient (Wildman–Crippen LogP) is 0.676. The number of methoxy groups -OCH3 is 1. The van der Waals surface area contributed by atoms with E-state index in [4.69, 9.17) is 4.74 Å². The summed E-state index contributed by atoms with van der Waals surface area (Å²) in [7, 11) is 3.30. The molecule has 4 amide bonds. The molecule has 4 saturated heterocycles. The summed E-state index contributed by atoms with van der Waals surface area (Å²) in [4.78, 5) is 58.6. The third kappa shape index (κ3) is 2.10. The van der Waals surface area contributed by atoms with Crippen LogP contribution in [-0.4, -0.2) is 66.2 Å². The van der Waals surface area contributed by atoms with Gasteiger partial charge in [-0.15, -0.1) is 0 Å². The Morgan fingerprint density at radius 3 is 2.61 bits per heavy atom. The second-order valence-corrected chi connectivity index (χ2v) is 9.31. The zero-order valence-electron chi connectivity index (χ0n) is 17.4. The lowest BCUT2D eigenvalue weighted by Gasteiger charge is -2.63. The summed E-state index contributed by atoms with van der Waals surface area (Å²) < 4.78 is 5.27. The van der Waals surface area contributed by atoms with Gasteiger partial charge >= 0.3 is 0 Å². The van der Waals surface area contributed by atoms with Crippen LogP contribution in [0.2, 0.25) is 0 Å². The van der Waals surface area contributed by atoms with Gasteiger partial charge in [-0.1, -0.05) is 18.2 Å².